The molecule has 0 saturated carbocycles. The largest absolute Gasteiger partial charge is 0.489 e. The molecule has 0 saturated heterocycles. The maximum Gasteiger partial charge on any atom is 0.244 e. The molecule has 0 aromatic heterocycles. The van der Waals surface area contributed by atoms with Crippen molar-refractivity contribution in [3.63, 3.8) is 0 Å². The van der Waals surface area contributed by atoms with E-state index in [9.17, 15) is 4.79 Å². The number of hydrogen-bond donors (Lipinski definition) is 1. The maximum atomic E-state index is 12.1. The van der Waals surface area contributed by atoms with Gasteiger partial charge in [-0.05, 0) is 47.0 Å². The lowest BCUT2D eigenvalue weighted by Crippen LogP contribution is -2.20. The van der Waals surface area contributed by atoms with Gasteiger partial charge >= 0.3 is 0 Å². The summed E-state index contributed by atoms with van der Waals surface area (Å²) >= 11 is 0. The van der Waals surface area contributed by atoms with E-state index >= 15 is 0 Å². The van der Waals surface area contributed by atoms with Crippen LogP contribution in [0.4, 0.5) is 0 Å². The highest BCUT2D eigenvalue weighted by atomic mass is 16.7. The summed E-state index contributed by atoms with van der Waals surface area (Å²) in [5.41, 5.74) is 3.00. The van der Waals surface area contributed by atoms with Crippen LogP contribution in [-0.4, -0.2) is 12.7 Å². The molecule has 4 rings (SSSR count). The van der Waals surface area contributed by atoms with Crippen LogP contribution < -0.4 is 19.5 Å². The number of nitrogens with one attached hydrogen (secondary N) is 1. The maximum absolute atomic E-state index is 12.1. The van der Waals surface area contributed by atoms with Crippen LogP contribution in [0.25, 0.3) is 6.08 Å². The summed E-state index contributed by atoms with van der Waals surface area (Å²) in [4.78, 5) is 12.1. The Hall–Kier alpha value is -3.73. The van der Waals surface area contributed by atoms with Crippen LogP contribution in [0.5, 0.6) is 17.2 Å². The summed E-state index contributed by atoms with van der Waals surface area (Å²) in [6.07, 6.45) is 3.29. The summed E-state index contributed by atoms with van der Waals surface area (Å²) in [5.74, 6) is 2.07. The van der Waals surface area contributed by atoms with Gasteiger partial charge in [-0.2, -0.15) is 0 Å². The second-order valence-electron chi connectivity index (χ2n) is 6.58. The standard InChI is InChI=1S/C24H21NO4/c26-24(25-15-20-8-12-22-23(14-20)29-17-28-22)13-9-18-6-10-21(11-7-18)27-16-19-4-2-1-3-5-19/h1-14H,15-17H2,(H,25,26). The topological polar surface area (TPSA) is 56.8 Å². The summed E-state index contributed by atoms with van der Waals surface area (Å²) < 4.78 is 16.4. The van der Waals surface area contributed by atoms with Crippen LogP contribution in [0, 0.1) is 0 Å². The highest BCUT2D eigenvalue weighted by Gasteiger charge is 2.13. The molecule has 3 aromatic carbocycles. The number of rotatable bonds is 7. The summed E-state index contributed by atoms with van der Waals surface area (Å²) in [5, 5.41) is 2.86. The minimum absolute atomic E-state index is 0.160. The molecule has 0 spiro atoms. The van der Waals surface area contributed by atoms with Gasteiger partial charge < -0.3 is 19.5 Å². The molecular formula is C24H21NO4. The van der Waals surface area contributed by atoms with Crippen LogP contribution >= 0.6 is 0 Å². The van der Waals surface area contributed by atoms with Gasteiger partial charge in [0, 0.05) is 12.6 Å². The van der Waals surface area contributed by atoms with Crippen molar-refractivity contribution in [3.05, 3.63) is 95.6 Å². The van der Waals surface area contributed by atoms with E-state index in [2.05, 4.69) is 5.32 Å². The van der Waals surface area contributed by atoms with E-state index in [1.54, 1.807) is 6.08 Å². The zero-order chi connectivity index (χ0) is 19.9. The van der Waals surface area contributed by atoms with Crippen LogP contribution in [0.15, 0.2) is 78.9 Å². The molecule has 1 aliphatic heterocycles. The van der Waals surface area contributed by atoms with Gasteiger partial charge in [0.2, 0.25) is 12.7 Å². The van der Waals surface area contributed by atoms with Crippen LogP contribution in [-0.2, 0) is 17.9 Å². The zero-order valence-corrected chi connectivity index (χ0v) is 15.8. The number of hydrogen-bond acceptors (Lipinski definition) is 4. The Balaban J connectivity index is 1.25. The number of fused-ring (bicyclic) bond motifs is 1. The van der Waals surface area contributed by atoms with Crippen molar-refractivity contribution in [2.75, 3.05) is 6.79 Å². The molecule has 3 aromatic rings. The van der Waals surface area contributed by atoms with E-state index in [-0.39, 0.29) is 12.7 Å². The first kappa shape index (κ1) is 18.6. The Bertz CT molecular complexity index is 997. The van der Waals surface area contributed by atoms with Crippen molar-refractivity contribution in [3.8, 4) is 17.2 Å². The van der Waals surface area contributed by atoms with Crippen LogP contribution in [0.3, 0.4) is 0 Å². The first-order valence-electron chi connectivity index (χ1n) is 9.37. The molecule has 0 aliphatic carbocycles. The minimum atomic E-state index is -0.160. The van der Waals surface area contributed by atoms with Crippen LogP contribution in [0.1, 0.15) is 16.7 Å². The van der Waals surface area contributed by atoms with E-state index in [0.29, 0.717) is 18.9 Å². The van der Waals surface area contributed by atoms with E-state index in [1.807, 2.05) is 72.8 Å². The SMILES string of the molecule is O=C(C=Cc1ccc(OCc2ccccc2)cc1)NCc1ccc2c(c1)OCO2. The fraction of sp³-hybridized carbons (Fsp3) is 0.125. The molecule has 5 nitrogen and oxygen atoms in total. The summed E-state index contributed by atoms with van der Waals surface area (Å²) in [7, 11) is 0. The lowest BCUT2D eigenvalue weighted by molar-refractivity contribution is -0.116. The molecule has 5 heteroatoms. The fourth-order valence-electron chi connectivity index (χ4n) is 2.89. The Labute approximate surface area is 169 Å². The third kappa shape index (κ3) is 5.17. The highest BCUT2D eigenvalue weighted by Crippen LogP contribution is 2.32. The number of benzene rings is 3. The molecule has 29 heavy (non-hydrogen) atoms. The molecule has 1 heterocycles. The van der Waals surface area contributed by atoms with Gasteiger partial charge in [-0.15, -0.1) is 0 Å². The average Bonchev–Trinajstić information content (AvgIpc) is 3.24. The minimum Gasteiger partial charge on any atom is -0.489 e. The van der Waals surface area contributed by atoms with Gasteiger partial charge in [-0.25, -0.2) is 0 Å². The van der Waals surface area contributed by atoms with Crippen molar-refractivity contribution in [2.45, 2.75) is 13.2 Å². The number of carbonyl (C=O) groups excluding carboxylic acids is 1. The van der Waals surface area contributed by atoms with Gasteiger partial charge in [-0.1, -0.05) is 48.5 Å². The van der Waals surface area contributed by atoms with E-state index in [4.69, 9.17) is 14.2 Å². The first-order chi connectivity index (χ1) is 14.3. The predicted molar refractivity (Wildman–Crippen MR) is 111 cm³/mol. The van der Waals surface area contributed by atoms with E-state index < -0.39 is 0 Å². The fourth-order valence-corrected chi connectivity index (χ4v) is 2.89. The normalized spacial score (nSPS) is 12.1. The third-order valence-corrected chi connectivity index (χ3v) is 4.46. The molecule has 146 valence electrons. The molecule has 1 amide bonds. The smallest absolute Gasteiger partial charge is 0.244 e. The van der Waals surface area contributed by atoms with Crippen LogP contribution in [0.2, 0.25) is 0 Å². The first-order valence-corrected chi connectivity index (χ1v) is 9.37. The molecular weight excluding hydrogens is 366 g/mol. The van der Waals surface area contributed by atoms with Gasteiger partial charge in [0.05, 0.1) is 0 Å². The lowest BCUT2D eigenvalue weighted by atomic mass is 10.2. The Kier molecular flexibility index (Phi) is 5.76. The van der Waals surface area contributed by atoms with Gasteiger partial charge in [0.25, 0.3) is 0 Å². The number of amides is 1. The molecule has 1 aliphatic rings. The predicted octanol–water partition coefficient (Wildman–Crippen LogP) is 4.32. The number of carbonyl (C=O) groups is 1. The number of ether oxygens (including phenoxy) is 3. The summed E-state index contributed by atoms with van der Waals surface area (Å²) in [6, 6.07) is 23.3. The van der Waals surface area contributed by atoms with Crippen molar-refractivity contribution in [1.29, 1.82) is 0 Å². The zero-order valence-electron chi connectivity index (χ0n) is 15.8. The van der Waals surface area contributed by atoms with E-state index in [1.165, 1.54) is 6.08 Å². The quantitative estimate of drug-likeness (QED) is 0.614. The Morgan fingerprint density at radius 1 is 0.931 bits per heavy atom. The Morgan fingerprint density at radius 3 is 2.55 bits per heavy atom. The van der Waals surface area contributed by atoms with Crippen molar-refractivity contribution < 1.29 is 19.0 Å². The molecule has 0 unspecified atom stereocenters. The van der Waals surface area contributed by atoms with E-state index in [0.717, 1.165) is 28.2 Å². The van der Waals surface area contributed by atoms with Crippen molar-refractivity contribution in [1.82, 2.24) is 5.32 Å². The molecule has 0 fully saturated rings. The lowest BCUT2D eigenvalue weighted by Gasteiger charge is -2.06. The molecule has 0 bridgehead atoms. The second kappa shape index (κ2) is 8.97. The van der Waals surface area contributed by atoms with Crippen molar-refractivity contribution in [2.24, 2.45) is 0 Å². The monoisotopic (exact) mass is 387 g/mol. The molecule has 0 radical (unpaired) electrons. The molecule has 0 atom stereocenters. The van der Waals surface area contributed by atoms with Gasteiger partial charge in [0.15, 0.2) is 11.5 Å². The second-order valence-corrected chi connectivity index (χ2v) is 6.58. The summed E-state index contributed by atoms with van der Waals surface area (Å²) in [6.45, 7) is 1.19. The average molecular weight is 387 g/mol. The van der Waals surface area contributed by atoms with Gasteiger partial charge in [0.1, 0.15) is 12.4 Å². The Morgan fingerprint density at radius 2 is 1.72 bits per heavy atom. The highest BCUT2D eigenvalue weighted by molar-refractivity contribution is 5.91. The third-order valence-electron chi connectivity index (χ3n) is 4.46. The van der Waals surface area contributed by atoms with Gasteiger partial charge in [-0.3, -0.25) is 4.79 Å². The molecule has 1 N–H and O–H groups in total. The van der Waals surface area contributed by atoms with Crippen molar-refractivity contribution >= 4 is 12.0 Å².